The highest BCUT2D eigenvalue weighted by molar-refractivity contribution is 7.89. The summed E-state index contributed by atoms with van der Waals surface area (Å²) in [5.74, 6) is -0.672. The van der Waals surface area contributed by atoms with Gasteiger partial charge in [0.2, 0.25) is 10.0 Å². The van der Waals surface area contributed by atoms with E-state index in [1.165, 1.54) is 37.4 Å². The van der Waals surface area contributed by atoms with Gasteiger partial charge in [-0.25, -0.2) is 8.42 Å². The number of halogens is 4. The Labute approximate surface area is 178 Å². The maximum Gasteiger partial charge on any atom is 0.416 e. The normalized spacial score (nSPS) is 12.4. The lowest BCUT2D eigenvalue weighted by Gasteiger charge is -2.21. The summed E-state index contributed by atoms with van der Waals surface area (Å²) >= 11 is 6.05. The minimum atomic E-state index is -4.49. The smallest absolute Gasteiger partial charge is 0.352 e. The average Bonchev–Trinajstić information content (AvgIpc) is 2.66. The lowest BCUT2D eigenvalue weighted by molar-refractivity contribution is -0.138. The van der Waals surface area contributed by atoms with Crippen LogP contribution in [0.25, 0.3) is 0 Å². The first-order valence-electron chi connectivity index (χ1n) is 9.06. The Kier molecular flexibility index (Phi) is 7.54. The van der Waals surface area contributed by atoms with E-state index in [0.29, 0.717) is 0 Å². The number of carbonyl (C=O) groups is 1. The zero-order valence-electron chi connectivity index (χ0n) is 16.6. The van der Waals surface area contributed by atoms with E-state index in [2.05, 4.69) is 5.32 Å². The molecule has 1 N–H and O–H groups in total. The Hall–Kier alpha value is -2.10. The van der Waals surface area contributed by atoms with Gasteiger partial charge >= 0.3 is 6.18 Å². The molecule has 2 rings (SSSR count). The molecule has 2 aromatic rings. The van der Waals surface area contributed by atoms with Gasteiger partial charge in [0, 0.05) is 19.6 Å². The minimum Gasteiger partial charge on any atom is -0.352 e. The SMILES string of the molecule is CC(C)N(C)S(=O)(=O)c1ccc(Cl)c(C(=O)NCCc2ccccc2C(F)(F)F)c1. The lowest BCUT2D eigenvalue weighted by Crippen LogP contribution is -2.33. The largest absolute Gasteiger partial charge is 0.416 e. The predicted molar refractivity (Wildman–Crippen MR) is 109 cm³/mol. The van der Waals surface area contributed by atoms with Gasteiger partial charge in [-0.3, -0.25) is 4.79 Å². The number of nitrogens with one attached hydrogen (secondary N) is 1. The fourth-order valence-electron chi connectivity index (χ4n) is 2.70. The van der Waals surface area contributed by atoms with E-state index in [9.17, 15) is 26.4 Å². The molecule has 1 amide bonds. The van der Waals surface area contributed by atoms with Crippen LogP contribution in [0.3, 0.4) is 0 Å². The Bertz CT molecular complexity index is 1020. The van der Waals surface area contributed by atoms with Crippen molar-refractivity contribution in [3.63, 3.8) is 0 Å². The van der Waals surface area contributed by atoms with Gasteiger partial charge in [-0.1, -0.05) is 29.8 Å². The monoisotopic (exact) mass is 462 g/mol. The standard InChI is InChI=1S/C20H22ClF3N2O3S/c1-13(2)26(3)30(28,29)15-8-9-18(21)16(12-15)19(27)25-11-10-14-6-4-5-7-17(14)20(22,23)24/h4-9,12-13H,10-11H2,1-3H3,(H,25,27). The average molecular weight is 463 g/mol. The molecule has 164 valence electrons. The number of hydrogen-bond donors (Lipinski definition) is 1. The second-order valence-corrected chi connectivity index (χ2v) is 9.32. The van der Waals surface area contributed by atoms with Gasteiger partial charge in [-0.05, 0) is 50.1 Å². The summed E-state index contributed by atoms with van der Waals surface area (Å²) in [4.78, 5) is 12.4. The molecule has 0 aliphatic heterocycles. The summed E-state index contributed by atoms with van der Waals surface area (Å²) in [5.41, 5.74) is -0.785. The Morgan fingerprint density at radius 1 is 1.17 bits per heavy atom. The zero-order chi connectivity index (χ0) is 22.7. The molecule has 0 radical (unpaired) electrons. The summed E-state index contributed by atoms with van der Waals surface area (Å²) < 4.78 is 65.6. The van der Waals surface area contributed by atoms with Crippen molar-refractivity contribution >= 4 is 27.5 Å². The number of nitrogens with zero attached hydrogens (tertiary/aromatic N) is 1. The molecule has 0 heterocycles. The number of hydrogen-bond acceptors (Lipinski definition) is 3. The topological polar surface area (TPSA) is 66.5 Å². The first-order chi connectivity index (χ1) is 13.9. The Morgan fingerprint density at radius 2 is 1.80 bits per heavy atom. The van der Waals surface area contributed by atoms with Crippen molar-refractivity contribution < 1.29 is 26.4 Å². The number of benzene rings is 2. The third kappa shape index (κ3) is 5.53. The third-order valence-corrected chi connectivity index (χ3v) is 6.95. The van der Waals surface area contributed by atoms with E-state index in [4.69, 9.17) is 11.6 Å². The van der Waals surface area contributed by atoms with Gasteiger partial charge < -0.3 is 5.32 Å². The van der Waals surface area contributed by atoms with E-state index in [1.807, 2.05) is 0 Å². The first-order valence-corrected chi connectivity index (χ1v) is 10.9. The summed E-state index contributed by atoms with van der Waals surface area (Å²) in [6, 6.07) is 8.58. The molecule has 0 aliphatic rings. The maximum atomic E-state index is 13.1. The van der Waals surface area contributed by atoms with Gasteiger partial charge in [-0.15, -0.1) is 0 Å². The molecule has 0 aromatic heterocycles. The third-order valence-electron chi connectivity index (χ3n) is 4.59. The van der Waals surface area contributed by atoms with Crippen LogP contribution in [-0.2, 0) is 22.6 Å². The molecule has 10 heteroatoms. The highest BCUT2D eigenvalue weighted by atomic mass is 35.5. The molecule has 5 nitrogen and oxygen atoms in total. The quantitative estimate of drug-likeness (QED) is 0.664. The summed E-state index contributed by atoms with van der Waals surface area (Å²) in [6.07, 6.45) is -4.54. The van der Waals surface area contributed by atoms with Crippen molar-refractivity contribution in [2.75, 3.05) is 13.6 Å². The van der Waals surface area contributed by atoms with E-state index in [0.717, 1.165) is 16.4 Å². The molecule has 0 unspecified atom stereocenters. The van der Waals surface area contributed by atoms with Crippen molar-refractivity contribution in [2.24, 2.45) is 0 Å². The van der Waals surface area contributed by atoms with Crippen LogP contribution in [0.1, 0.15) is 35.3 Å². The van der Waals surface area contributed by atoms with Crippen molar-refractivity contribution in [1.82, 2.24) is 9.62 Å². The fourth-order valence-corrected chi connectivity index (χ4v) is 4.30. The van der Waals surface area contributed by atoms with Gasteiger partial charge in [-0.2, -0.15) is 17.5 Å². The molecular formula is C20H22ClF3N2O3S. The van der Waals surface area contributed by atoms with Gasteiger partial charge in [0.15, 0.2) is 0 Å². The van der Waals surface area contributed by atoms with Gasteiger partial charge in [0.05, 0.1) is 21.0 Å². The second kappa shape index (κ2) is 9.36. The second-order valence-electron chi connectivity index (χ2n) is 6.92. The van der Waals surface area contributed by atoms with Crippen LogP contribution in [0.4, 0.5) is 13.2 Å². The number of carbonyl (C=O) groups excluding carboxylic acids is 1. The molecule has 2 aromatic carbocycles. The summed E-state index contributed by atoms with van der Waals surface area (Å²) in [7, 11) is -2.40. The van der Waals surface area contributed by atoms with E-state index < -0.39 is 27.7 Å². The molecule has 0 saturated carbocycles. The number of sulfonamides is 1. The number of amides is 1. The first kappa shape index (κ1) is 24.2. The van der Waals surface area contributed by atoms with E-state index >= 15 is 0 Å². The Balaban J connectivity index is 2.17. The van der Waals surface area contributed by atoms with Crippen molar-refractivity contribution in [3.05, 3.63) is 64.2 Å². The molecule has 0 bridgehead atoms. The van der Waals surface area contributed by atoms with Crippen LogP contribution in [0.2, 0.25) is 5.02 Å². The van der Waals surface area contributed by atoms with Crippen LogP contribution in [0.5, 0.6) is 0 Å². The van der Waals surface area contributed by atoms with Gasteiger partial charge in [0.25, 0.3) is 5.91 Å². The molecule has 0 atom stereocenters. The van der Waals surface area contributed by atoms with E-state index in [-0.39, 0.29) is 40.1 Å². The minimum absolute atomic E-state index is 0.0364. The van der Waals surface area contributed by atoms with Crippen molar-refractivity contribution in [1.29, 1.82) is 0 Å². The highest BCUT2D eigenvalue weighted by Crippen LogP contribution is 2.32. The molecule has 0 fully saturated rings. The lowest BCUT2D eigenvalue weighted by atomic mass is 10.0. The van der Waals surface area contributed by atoms with Crippen LogP contribution in [0.15, 0.2) is 47.4 Å². The maximum absolute atomic E-state index is 13.1. The predicted octanol–water partition coefficient (Wildman–Crippen LogP) is 4.36. The Morgan fingerprint density at radius 3 is 2.40 bits per heavy atom. The van der Waals surface area contributed by atoms with Crippen molar-refractivity contribution in [3.8, 4) is 0 Å². The number of rotatable bonds is 7. The molecule has 30 heavy (non-hydrogen) atoms. The van der Waals surface area contributed by atoms with Gasteiger partial charge in [0.1, 0.15) is 0 Å². The summed E-state index contributed by atoms with van der Waals surface area (Å²) in [5, 5.41) is 2.53. The summed E-state index contributed by atoms with van der Waals surface area (Å²) in [6.45, 7) is 3.34. The van der Waals surface area contributed by atoms with Crippen molar-refractivity contribution in [2.45, 2.75) is 37.4 Å². The fraction of sp³-hybridized carbons (Fsp3) is 0.350. The van der Waals surface area contributed by atoms with Crippen LogP contribution < -0.4 is 5.32 Å². The zero-order valence-corrected chi connectivity index (χ0v) is 18.2. The van der Waals surface area contributed by atoms with Crippen LogP contribution in [0, 0.1) is 0 Å². The molecular weight excluding hydrogens is 441 g/mol. The van der Waals surface area contributed by atoms with E-state index in [1.54, 1.807) is 13.8 Å². The van der Waals surface area contributed by atoms with Crippen LogP contribution >= 0.6 is 11.6 Å². The highest BCUT2D eigenvalue weighted by Gasteiger charge is 2.32. The van der Waals surface area contributed by atoms with Crippen LogP contribution in [-0.4, -0.2) is 38.3 Å². The number of alkyl halides is 3. The molecule has 0 saturated heterocycles. The molecule has 0 spiro atoms. The molecule has 0 aliphatic carbocycles.